The van der Waals surface area contributed by atoms with E-state index in [9.17, 15) is 0 Å². The number of nitrogens with zero attached hydrogens (tertiary/aromatic N) is 4. The summed E-state index contributed by atoms with van der Waals surface area (Å²) in [6, 6.07) is 11.1. The normalized spacial score (nSPS) is 15.9. The Kier molecular flexibility index (Phi) is 12.0. The first-order valence-corrected chi connectivity index (χ1v) is 11.5. The van der Waals surface area contributed by atoms with Gasteiger partial charge in [-0.15, -0.1) is 24.0 Å². The Morgan fingerprint density at radius 1 is 1.12 bits per heavy atom. The summed E-state index contributed by atoms with van der Waals surface area (Å²) in [5, 5.41) is 11.4. The highest BCUT2D eigenvalue weighted by molar-refractivity contribution is 14.0. The first kappa shape index (κ1) is 26.6. The summed E-state index contributed by atoms with van der Waals surface area (Å²) in [5.41, 5.74) is 2.48. The molecule has 2 heterocycles. The fourth-order valence-corrected chi connectivity index (χ4v) is 4.36. The van der Waals surface area contributed by atoms with Gasteiger partial charge in [0, 0.05) is 51.7 Å². The Morgan fingerprint density at radius 2 is 1.88 bits per heavy atom. The lowest BCUT2D eigenvalue weighted by Gasteiger charge is -2.39. The number of hydrogen-bond donors (Lipinski definition) is 2. The largest absolute Gasteiger partial charge is 0.379 e. The minimum atomic E-state index is 0. The first-order chi connectivity index (χ1) is 15.2. The van der Waals surface area contributed by atoms with Crippen LogP contribution >= 0.6 is 24.0 Å². The van der Waals surface area contributed by atoms with Crippen LogP contribution in [0, 0.1) is 5.92 Å². The summed E-state index contributed by atoms with van der Waals surface area (Å²) in [6.07, 6.45) is 6.18. The first-order valence-electron chi connectivity index (χ1n) is 11.5. The number of hydrogen-bond acceptors (Lipinski definition) is 4. The van der Waals surface area contributed by atoms with E-state index in [1.807, 2.05) is 30.2 Å². The van der Waals surface area contributed by atoms with Gasteiger partial charge < -0.3 is 15.4 Å². The third kappa shape index (κ3) is 8.04. The molecule has 0 radical (unpaired) electrons. The molecule has 1 aromatic carbocycles. The van der Waals surface area contributed by atoms with Gasteiger partial charge >= 0.3 is 0 Å². The van der Waals surface area contributed by atoms with Crippen LogP contribution in [0.4, 0.5) is 0 Å². The molecule has 8 heteroatoms. The highest BCUT2D eigenvalue weighted by Crippen LogP contribution is 2.19. The third-order valence-electron chi connectivity index (χ3n) is 6.16. The Hall–Kier alpha value is -1.65. The number of nitrogens with one attached hydrogen (secondary N) is 2. The van der Waals surface area contributed by atoms with E-state index in [4.69, 9.17) is 4.74 Å². The maximum Gasteiger partial charge on any atom is 0.191 e. The minimum Gasteiger partial charge on any atom is -0.379 e. The zero-order valence-electron chi connectivity index (χ0n) is 19.7. The number of guanidine groups is 1. The minimum absolute atomic E-state index is 0. The van der Waals surface area contributed by atoms with Gasteiger partial charge in [-0.25, -0.2) is 0 Å². The van der Waals surface area contributed by atoms with Crippen LogP contribution in [-0.4, -0.2) is 66.6 Å². The highest BCUT2D eigenvalue weighted by atomic mass is 127. The van der Waals surface area contributed by atoms with Gasteiger partial charge in [-0.05, 0) is 23.1 Å². The van der Waals surface area contributed by atoms with Crippen molar-refractivity contribution in [2.24, 2.45) is 10.9 Å². The number of aromatic nitrogens is 2. The lowest BCUT2D eigenvalue weighted by molar-refractivity contribution is 0.00272. The number of aliphatic imine (C=N–C) groups is 1. The van der Waals surface area contributed by atoms with Crippen LogP contribution in [0.25, 0.3) is 0 Å². The fourth-order valence-electron chi connectivity index (χ4n) is 4.36. The topological polar surface area (TPSA) is 66.7 Å². The molecule has 0 amide bonds. The lowest BCUT2D eigenvalue weighted by atomic mass is 9.92. The maximum atomic E-state index is 5.57. The number of rotatable bonds is 10. The number of halogens is 1. The van der Waals surface area contributed by atoms with E-state index in [0.717, 1.165) is 51.9 Å². The molecule has 0 saturated carbocycles. The van der Waals surface area contributed by atoms with E-state index in [1.165, 1.54) is 24.0 Å². The molecular weight excluding hydrogens is 515 g/mol. The average Bonchev–Trinajstić information content (AvgIpc) is 3.32. The van der Waals surface area contributed by atoms with Crippen LogP contribution < -0.4 is 10.6 Å². The van der Waals surface area contributed by atoms with Crippen molar-refractivity contribution in [2.75, 3.05) is 39.9 Å². The van der Waals surface area contributed by atoms with Crippen LogP contribution in [0.3, 0.4) is 0 Å². The molecule has 2 aromatic rings. The van der Waals surface area contributed by atoms with Crippen molar-refractivity contribution in [3.63, 3.8) is 0 Å². The van der Waals surface area contributed by atoms with E-state index < -0.39 is 0 Å². The Bertz CT molecular complexity index is 788. The molecule has 1 aliphatic heterocycles. The Labute approximate surface area is 210 Å². The molecule has 178 valence electrons. The standard InChI is InChI=1S/C24H38N6O.HI/c1-4-22(5-2)23(29-12-14-31-15-13-29)18-27-24(25-3)26-17-20-8-6-9-21(16-20)19-30-11-7-10-28-30;/h6-11,16,22-23H,4-5,12-15,17-19H2,1-3H3,(H2,25,26,27);1H. The van der Waals surface area contributed by atoms with Crippen molar-refractivity contribution in [2.45, 2.75) is 45.8 Å². The fraction of sp³-hybridized carbons (Fsp3) is 0.583. The summed E-state index contributed by atoms with van der Waals surface area (Å²) in [5.74, 6) is 1.52. The molecule has 1 aliphatic rings. The monoisotopic (exact) mass is 554 g/mol. The summed E-state index contributed by atoms with van der Waals surface area (Å²) in [6.45, 7) is 10.7. The van der Waals surface area contributed by atoms with Gasteiger partial charge in [0.25, 0.3) is 0 Å². The van der Waals surface area contributed by atoms with Crippen molar-refractivity contribution < 1.29 is 4.74 Å². The van der Waals surface area contributed by atoms with Gasteiger partial charge in [0.2, 0.25) is 0 Å². The van der Waals surface area contributed by atoms with E-state index in [1.54, 1.807) is 0 Å². The number of benzene rings is 1. The van der Waals surface area contributed by atoms with Crippen LogP contribution in [-0.2, 0) is 17.8 Å². The van der Waals surface area contributed by atoms with Crippen molar-refractivity contribution in [1.82, 2.24) is 25.3 Å². The molecule has 1 saturated heterocycles. The van der Waals surface area contributed by atoms with Crippen molar-refractivity contribution in [1.29, 1.82) is 0 Å². The third-order valence-corrected chi connectivity index (χ3v) is 6.16. The van der Waals surface area contributed by atoms with Gasteiger partial charge in [0.1, 0.15) is 0 Å². The lowest BCUT2D eigenvalue weighted by Crippen LogP contribution is -2.53. The average molecular weight is 555 g/mol. The molecule has 1 unspecified atom stereocenters. The molecule has 7 nitrogen and oxygen atoms in total. The predicted molar refractivity (Wildman–Crippen MR) is 142 cm³/mol. The predicted octanol–water partition coefficient (Wildman–Crippen LogP) is 3.35. The summed E-state index contributed by atoms with van der Waals surface area (Å²) < 4.78 is 7.51. The quantitative estimate of drug-likeness (QED) is 0.268. The van der Waals surface area contributed by atoms with Gasteiger partial charge in [-0.2, -0.15) is 5.10 Å². The van der Waals surface area contributed by atoms with Crippen molar-refractivity contribution >= 4 is 29.9 Å². The molecular formula is C24H39IN6O. The smallest absolute Gasteiger partial charge is 0.191 e. The maximum absolute atomic E-state index is 5.57. The summed E-state index contributed by atoms with van der Waals surface area (Å²) in [7, 11) is 1.84. The summed E-state index contributed by atoms with van der Waals surface area (Å²) >= 11 is 0. The molecule has 1 atom stereocenters. The number of ether oxygens (including phenoxy) is 1. The molecule has 2 N–H and O–H groups in total. The van der Waals surface area contributed by atoms with E-state index >= 15 is 0 Å². The Morgan fingerprint density at radius 3 is 2.53 bits per heavy atom. The van der Waals surface area contributed by atoms with E-state index in [0.29, 0.717) is 12.0 Å². The molecule has 32 heavy (non-hydrogen) atoms. The van der Waals surface area contributed by atoms with Crippen LogP contribution in [0.15, 0.2) is 47.7 Å². The van der Waals surface area contributed by atoms with Gasteiger partial charge in [0.05, 0.1) is 19.8 Å². The molecule has 0 spiro atoms. The zero-order chi connectivity index (χ0) is 21.9. The van der Waals surface area contributed by atoms with E-state index in [2.05, 4.69) is 63.7 Å². The molecule has 3 rings (SSSR count). The van der Waals surface area contributed by atoms with Crippen molar-refractivity contribution in [3.05, 3.63) is 53.9 Å². The van der Waals surface area contributed by atoms with Crippen LogP contribution in [0.5, 0.6) is 0 Å². The Balaban J connectivity index is 0.00000363. The van der Waals surface area contributed by atoms with E-state index in [-0.39, 0.29) is 24.0 Å². The SMILES string of the molecule is CCC(CC)C(CNC(=NC)NCc1cccc(Cn2cccn2)c1)N1CCOCC1.I. The highest BCUT2D eigenvalue weighted by Gasteiger charge is 2.26. The molecule has 1 fully saturated rings. The van der Waals surface area contributed by atoms with Crippen LogP contribution in [0.2, 0.25) is 0 Å². The second-order valence-corrected chi connectivity index (χ2v) is 8.12. The zero-order valence-corrected chi connectivity index (χ0v) is 22.0. The van der Waals surface area contributed by atoms with Gasteiger partial charge in [-0.1, -0.05) is 51.0 Å². The number of morpholine rings is 1. The van der Waals surface area contributed by atoms with Crippen molar-refractivity contribution in [3.8, 4) is 0 Å². The molecule has 0 aliphatic carbocycles. The molecule has 0 bridgehead atoms. The molecule has 1 aromatic heterocycles. The van der Waals surface area contributed by atoms with Gasteiger partial charge in [-0.3, -0.25) is 14.6 Å². The second kappa shape index (κ2) is 14.5. The van der Waals surface area contributed by atoms with Gasteiger partial charge in [0.15, 0.2) is 5.96 Å². The summed E-state index contributed by atoms with van der Waals surface area (Å²) in [4.78, 5) is 7.04. The van der Waals surface area contributed by atoms with Crippen LogP contribution in [0.1, 0.15) is 37.8 Å². The second-order valence-electron chi connectivity index (χ2n) is 8.12.